The zero-order valence-electron chi connectivity index (χ0n) is 18.9. The standard InChI is InChI=1S/C20H30N4O9/c1-5-30-17(28)32-13-9-7-8-12(10-13)15(33-18(29)31-6-2)20(4,24-22)14(25)11-19(3,23-21)16(26)27/h7-10,15,23-24H,5-6,11,21-22H2,1-4H3,(H,26,27)/t15-,19-,20+/m0/s1. The molecule has 7 N–H and O–H groups in total. The Labute approximate surface area is 190 Å². The van der Waals surface area contributed by atoms with Gasteiger partial charge in [-0.25, -0.2) is 20.4 Å². The Morgan fingerprint density at radius 3 is 2.15 bits per heavy atom. The lowest BCUT2D eigenvalue weighted by molar-refractivity contribution is -0.148. The van der Waals surface area contributed by atoms with Crippen LogP contribution in [0.3, 0.4) is 0 Å². The van der Waals surface area contributed by atoms with Crippen LogP contribution < -0.4 is 27.3 Å². The Morgan fingerprint density at radius 1 is 1.03 bits per heavy atom. The second kappa shape index (κ2) is 12.1. The van der Waals surface area contributed by atoms with Crippen molar-refractivity contribution in [3.63, 3.8) is 0 Å². The number of Topliss-reactive ketones (excluding diaryl/α,β-unsaturated/α-hetero) is 1. The van der Waals surface area contributed by atoms with Crippen LogP contribution in [-0.4, -0.2) is 53.5 Å². The van der Waals surface area contributed by atoms with Crippen LogP contribution >= 0.6 is 0 Å². The number of carbonyl (C=O) groups excluding carboxylic acids is 3. The van der Waals surface area contributed by atoms with Gasteiger partial charge in [0.05, 0.1) is 13.2 Å². The zero-order chi connectivity index (χ0) is 25.2. The molecular formula is C20H30N4O9. The number of hydrazine groups is 2. The average molecular weight is 470 g/mol. The number of benzene rings is 1. The highest BCUT2D eigenvalue weighted by molar-refractivity contribution is 5.94. The van der Waals surface area contributed by atoms with Crippen LogP contribution in [-0.2, 0) is 23.8 Å². The summed E-state index contributed by atoms with van der Waals surface area (Å²) >= 11 is 0. The third-order valence-corrected chi connectivity index (χ3v) is 4.81. The maximum absolute atomic E-state index is 13.2. The molecule has 0 spiro atoms. The van der Waals surface area contributed by atoms with E-state index in [-0.39, 0.29) is 24.5 Å². The first kappa shape index (κ1) is 27.8. The minimum absolute atomic E-state index is 0.00748. The van der Waals surface area contributed by atoms with Gasteiger partial charge in [0, 0.05) is 6.42 Å². The van der Waals surface area contributed by atoms with Gasteiger partial charge in [0.15, 0.2) is 11.9 Å². The van der Waals surface area contributed by atoms with Gasteiger partial charge >= 0.3 is 18.3 Å². The molecule has 0 aliphatic heterocycles. The van der Waals surface area contributed by atoms with Crippen LogP contribution in [0, 0.1) is 0 Å². The van der Waals surface area contributed by atoms with Gasteiger partial charge in [-0.15, -0.1) is 0 Å². The summed E-state index contributed by atoms with van der Waals surface area (Å²) in [6.45, 7) is 5.77. The van der Waals surface area contributed by atoms with Crippen molar-refractivity contribution < 1.29 is 43.2 Å². The fourth-order valence-electron chi connectivity index (χ4n) is 2.75. The second-order valence-corrected chi connectivity index (χ2v) is 7.27. The van der Waals surface area contributed by atoms with E-state index in [0.717, 1.165) is 0 Å². The lowest BCUT2D eigenvalue weighted by Gasteiger charge is -2.37. The zero-order valence-corrected chi connectivity index (χ0v) is 18.9. The van der Waals surface area contributed by atoms with E-state index < -0.39 is 47.7 Å². The summed E-state index contributed by atoms with van der Waals surface area (Å²) in [6.07, 6.45) is -4.11. The molecule has 13 nitrogen and oxygen atoms in total. The van der Waals surface area contributed by atoms with E-state index in [2.05, 4.69) is 10.9 Å². The van der Waals surface area contributed by atoms with Crippen molar-refractivity contribution >= 4 is 24.1 Å². The topological polar surface area (TPSA) is 202 Å². The molecule has 0 radical (unpaired) electrons. The molecule has 184 valence electrons. The van der Waals surface area contributed by atoms with Crippen molar-refractivity contribution in [1.82, 2.24) is 10.9 Å². The molecule has 0 saturated heterocycles. The number of carbonyl (C=O) groups is 4. The highest BCUT2D eigenvalue weighted by Gasteiger charge is 2.48. The van der Waals surface area contributed by atoms with E-state index in [1.807, 2.05) is 0 Å². The number of hydrogen-bond donors (Lipinski definition) is 5. The summed E-state index contributed by atoms with van der Waals surface area (Å²) in [7, 11) is 0. The molecule has 0 aromatic heterocycles. The van der Waals surface area contributed by atoms with Gasteiger partial charge in [-0.3, -0.25) is 21.3 Å². The molecule has 0 aliphatic carbocycles. The van der Waals surface area contributed by atoms with Crippen molar-refractivity contribution in [3.8, 4) is 5.75 Å². The fraction of sp³-hybridized carbons (Fsp3) is 0.500. The van der Waals surface area contributed by atoms with Crippen LogP contribution in [0.25, 0.3) is 0 Å². The number of nitrogens with two attached hydrogens (primary N) is 2. The van der Waals surface area contributed by atoms with Crippen molar-refractivity contribution in [2.75, 3.05) is 13.2 Å². The third kappa shape index (κ3) is 7.12. The Hall–Kier alpha value is -3.26. The van der Waals surface area contributed by atoms with Crippen molar-refractivity contribution in [1.29, 1.82) is 0 Å². The Morgan fingerprint density at radius 2 is 1.64 bits per heavy atom. The summed E-state index contributed by atoms with van der Waals surface area (Å²) in [5.74, 6) is 8.92. The number of ether oxygens (including phenoxy) is 4. The van der Waals surface area contributed by atoms with E-state index in [1.165, 1.54) is 38.1 Å². The number of nitrogens with one attached hydrogen (secondary N) is 2. The molecule has 13 heteroatoms. The number of rotatable bonds is 12. The molecule has 0 amide bonds. The monoisotopic (exact) mass is 470 g/mol. The fourth-order valence-corrected chi connectivity index (χ4v) is 2.75. The van der Waals surface area contributed by atoms with Crippen molar-refractivity contribution in [2.45, 2.75) is 51.3 Å². The van der Waals surface area contributed by atoms with Gasteiger partial charge in [-0.2, -0.15) is 0 Å². The number of ketones is 1. The van der Waals surface area contributed by atoms with Crippen LogP contribution in [0.5, 0.6) is 5.75 Å². The highest BCUT2D eigenvalue weighted by atomic mass is 16.7. The van der Waals surface area contributed by atoms with Crippen LogP contribution in [0.2, 0.25) is 0 Å². The summed E-state index contributed by atoms with van der Waals surface area (Å²) in [5.41, 5.74) is 0.921. The first-order valence-electron chi connectivity index (χ1n) is 9.97. The molecule has 0 heterocycles. The minimum atomic E-state index is -1.84. The van der Waals surface area contributed by atoms with Gasteiger partial charge in [-0.1, -0.05) is 12.1 Å². The molecule has 0 fully saturated rings. The molecule has 1 aromatic carbocycles. The molecule has 1 aromatic rings. The van der Waals surface area contributed by atoms with E-state index in [1.54, 1.807) is 13.8 Å². The van der Waals surface area contributed by atoms with Crippen LogP contribution in [0.1, 0.15) is 45.8 Å². The van der Waals surface area contributed by atoms with Crippen molar-refractivity contribution in [3.05, 3.63) is 29.8 Å². The van der Waals surface area contributed by atoms with Crippen molar-refractivity contribution in [2.24, 2.45) is 11.7 Å². The molecular weight excluding hydrogens is 440 g/mol. The van der Waals surface area contributed by atoms with Crippen LogP contribution in [0.15, 0.2) is 24.3 Å². The normalized spacial score (nSPS) is 15.3. The van der Waals surface area contributed by atoms with E-state index in [9.17, 15) is 24.3 Å². The largest absolute Gasteiger partial charge is 0.513 e. The predicted octanol–water partition coefficient (Wildman–Crippen LogP) is 0.924. The summed E-state index contributed by atoms with van der Waals surface area (Å²) < 4.78 is 20.0. The quantitative estimate of drug-likeness (QED) is 0.125. The molecule has 0 bridgehead atoms. The molecule has 0 unspecified atom stereocenters. The maximum atomic E-state index is 13.2. The summed E-state index contributed by atoms with van der Waals surface area (Å²) in [4.78, 5) is 48.6. The maximum Gasteiger partial charge on any atom is 0.513 e. The molecule has 1 rings (SSSR count). The van der Waals surface area contributed by atoms with Gasteiger partial charge in [-0.05, 0) is 45.4 Å². The minimum Gasteiger partial charge on any atom is -0.480 e. The van der Waals surface area contributed by atoms with E-state index in [4.69, 9.17) is 30.6 Å². The molecule has 0 aliphatic rings. The first-order valence-corrected chi connectivity index (χ1v) is 9.97. The highest BCUT2D eigenvalue weighted by Crippen LogP contribution is 2.34. The smallest absolute Gasteiger partial charge is 0.480 e. The Balaban J connectivity index is 3.44. The lowest BCUT2D eigenvalue weighted by Crippen LogP contribution is -2.62. The molecule has 3 atom stereocenters. The summed E-state index contributed by atoms with van der Waals surface area (Å²) in [5, 5.41) is 9.44. The SMILES string of the molecule is CCOC(=O)Oc1cccc([C@H](OC(=O)OCC)[C@](C)(NN)C(=O)C[C@](C)(NN)C(=O)O)c1. The Kier molecular flexibility index (Phi) is 10.2. The first-order chi connectivity index (χ1) is 15.5. The lowest BCUT2D eigenvalue weighted by atomic mass is 9.80. The predicted molar refractivity (Wildman–Crippen MR) is 114 cm³/mol. The van der Waals surface area contributed by atoms with E-state index >= 15 is 0 Å². The van der Waals surface area contributed by atoms with Gasteiger partial charge < -0.3 is 24.1 Å². The third-order valence-electron chi connectivity index (χ3n) is 4.81. The van der Waals surface area contributed by atoms with Gasteiger partial charge in [0.25, 0.3) is 0 Å². The van der Waals surface area contributed by atoms with Gasteiger partial charge in [0.2, 0.25) is 0 Å². The van der Waals surface area contributed by atoms with Gasteiger partial charge in [0.1, 0.15) is 16.8 Å². The number of aliphatic carboxylic acids is 1. The van der Waals surface area contributed by atoms with Crippen LogP contribution in [0.4, 0.5) is 9.59 Å². The number of hydrogen-bond acceptors (Lipinski definition) is 12. The Bertz CT molecular complexity index is 866. The molecule has 0 saturated carbocycles. The van der Waals surface area contributed by atoms with E-state index in [0.29, 0.717) is 0 Å². The number of carboxylic acids is 1. The second-order valence-electron chi connectivity index (χ2n) is 7.27. The molecule has 33 heavy (non-hydrogen) atoms. The average Bonchev–Trinajstić information content (AvgIpc) is 2.77. The number of carboxylic acid groups (broad SMARTS) is 1. The summed E-state index contributed by atoms with van der Waals surface area (Å²) in [6, 6.07) is 5.75.